The lowest BCUT2D eigenvalue weighted by molar-refractivity contribution is -0.123. The van der Waals surface area contributed by atoms with E-state index in [0.29, 0.717) is 12.0 Å². The molecule has 0 fully saturated rings. The maximum Gasteiger partial charge on any atom is 0.227 e. The Morgan fingerprint density at radius 1 is 1.33 bits per heavy atom. The molecule has 1 aromatic rings. The minimum atomic E-state index is -0.0331. The van der Waals surface area contributed by atoms with Crippen molar-refractivity contribution < 1.29 is 4.79 Å². The zero-order valence-electron chi connectivity index (χ0n) is 13.6. The van der Waals surface area contributed by atoms with Gasteiger partial charge in [0.1, 0.15) is 0 Å². The van der Waals surface area contributed by atoms with Crippen LogP contribution in [0.2, 0.25) is 0 Å². The van der Waals surface area contributed by atoms with Crippen LogP contribution in [-0.2, 0) is 4.79 Å². The Morgan fingerprint density at radius 2 is 2.00 bits per heavy atom. The van der Waals surface area contributed by atoms with E-state index in [-0.39, 0.29) is 17.9 Å². The third-order valence-corrected chi connectivity index (χ3v) is 4.77. The van der Waals surface area contributed by atoms with Crippen LogP contribution < -0.4 is 10.6 Å². The highest BCUT2D eigenvalue weighted by Crippen LogP contribution is 2.34. The fourth-order valence-electron chi connectivity index (χ4n) is 3.42. The molecule has 1 aliphatic heterocycles. The highest BCUT2D eigenvalue weighted by molar-refractivity contribution is 5.86. The van der Waals surface area contributed by atoms with E-state index in [1.807, 2.05) is 12.1 Å². The molecule has 1 aliphatic rings. The average Bonchev–Trinajstić information content (AvgIpc) is 2.47. The van der Waals surface area contributed by atoms with Crippen LogP contribution in [0.15, 0.2) is 24.3 Å². The van der Waals surface area contributed by atoms with Gasteiger partial charge in [0.2, 0.25) is 5.91 Å². The summed E-state index contributed by atoms with van der Waals surface area (Å²) in [5.74, 6) is 0.702. The van der Waals surface area contributed by atoms with E-state index in [9.17, 15) is 4.79 Å². The number of hydrogen-bond acceptors (Lipinski definition) is 2. The molecule has 0 radical (unpaired) electrons. The predicted molar refractivity (Wildman–Crippen MR) is 88.6 cm³/mol. The Balaban J connectivity index is 2.12. The number of benzene rings is 1. The van der Waals surface area contributed by atoms with Gasteiger partial charge in [-0.2, -0.15) is 0 Å². The van der Waals surface area contributed by atoms with E-state index in [0.717, 1.165) is 30.5 Å². The number of para-hydroxylation sites is 1. The van der Waals surface area contributed by atoms with Crippen molar-refractivity contribution in [2.75, 3.05) is 5.32 Å². The highest BCUT2D eigenvalue weighted by Gasteiger charge is 2.30. The van der Waals surface area contributed by atoms with Crippen molar-refractivity contribution in [3.63, 3.8) is 0 Å². The number of carbonyl (C=O) groups is 1. The lowest BCUT2D eigenvalue weighted by Crippen LogP contribution is -2.42. The Labute approximate surface area is 128 Å². The summed E-state index contributed by atoms with van der Waals surface area (Å²) in [5, 5.41) is 6.71. The molecule has 0 saturated carbocycles. The quantitative estimate of drug-likeness (QED) is 0.862. The predicted octanol–water partition coefficient (Wildman–Crippen LogP) is 3.92. The smallest absolute Gasteiger partial charge is 0.227 e. The molecule has 2 rings (SSSR count). The molecule has 3 atom stereocenters. The van der Waals surface area contributed by atoms with E-state index in [2.05, 4.69) is 50.5 Å². The van der Waals surface area contributed by atoms with Gasteiger partial charge in [0, 0.05) is 17.8 Å². The molecular weight excluding hydrogens is 260 g/mol. The number of hydrogen-bond donors (Lipinski definition) is 2. The van der Waals surface area contributed by atoms with Gasteiger partial charge in [0.05, 0.1) is 5.92 Å². The van der Waals surface area contributed by atoms with Crippen LogP contribution in [0, 0.1) is 5.92 Å². The molecule has 3 heteroatoms. The zero-order chi connectivity index (χ0) is 15.4. The Bertz CT molecular complexity index is 482. The van der Waals surface area contributed by atoms with Gasteiger partial charge in [-0.1, -0.05) is 44.9 Å². The van der Waals surface area contributed by atoms with Gasteiger partial charge in [-0.25, -0.2) is 0 Å². The Kier molecular flexibility index (Phi) is 5.27. The third-order valence-electron chi connectivity index (χ3n) is 4.77. The van der Waals surface area contributed by atoms with Gasteiger partial charge in [0.25, 0.3) is 0 Å². The first-order valence-electron chi connectivity index (χ1n) is 8.22. The number of fused-ring (bicyclic) bond motifs is 1. The van der Waals surface area contributed by atoms with Crippen molar-refractivity contribution in [1.29, 1.82) is 0 Å². The van der Waals surface area contributed by atoms with Crippen LogP contribution in [0.5, 0.6) is 0 Å². The second-order valence-corrected chi connectivity index (χ2v) is 6.29. The van der Waals surface area contributed by atoms with E-state index in [1.165, 1.54) is 0 Å². The second kappa shape index (κ2) is 6.97. The van der Waals surface area contributed by atoms with E-state index >= 15 is 0 Å². The maximum absolute atomic E-state index is 12.7. The third kappa shape index (κ3) is 3.58. The van der Waals surface area contributed by atoms with E-state index in [4.69, 9.17) is 0 Å². The van der Waals surface area contributed by atoms with Gasteiger partial charge >= 0.3 is 0 Å². The normalized spacial score (nSPS) is 22.3. The fourth-order valence-corrected chi connectivity index (χ4v) is 3.42. The summed E-state index contributed by atoms with van der Waals surface area (Å²) < 4.78 is 0. The van der Waals surface area contributed by atoms with Crippen molar-refractivity contribution >= 4 is 11.6 Å². The van der Waals surface area contributed by atoms with E-state index < -0.39 is 0 Å². The molecule has 1 heterocycles. The monoisotopic (exact) mass is 288 g/mol. The van der Waals surface area contributed by atoms with Crippen LogP contribution in [0.4, 0.5) is 5.69 Å². The van der Waals surface area contributed by atoms with Crippen LogP contribution in [0.1, 0.15) is 58.4 Å². The summed E-state index contributed by atoms with van der Waals surface area (Å²) in [5.41, 5.74) is 2.23. The second-order valence-electron chi connectivity index (χ2n) is 6.29. The Hall–Kier alpha value is -1.51. The van der Waals surface area contributed by atoms with Gasteiger partial charge in [-0.05, 0) is 37.8 Å². The summed E-state index contributed by atoms with van der Waals surface area (Å²) in [6, 6.07) is 8.74. The molecule has 0 spiro atoms. The number of amides is 1. The van der Waals surface area contributed by atoms with Gasteiger partial charge in [-0.15, -0.1) is 0 Å². The minimum Gasteiger partial charge on any atom is -0.382 e. The number of anilines is 1. The van der Waals surface area contributed by atoms with Crippen molar-refractivity contribution in [3.05, 3.63) is 29.8 Å². The van der Waals surface area contributed by atoms with Gasteiger partial charge in [0.15, 0.2) is 0 Å². The summed E-state index contributed by atoms with van der Waals surface area (Å²) in [4.78, 5) is 12.7. The molecule has 21 heavy (non-hydrogen) atoms. The molecule has 116 valence electrons. The summed E-state index contributed by atoms with van der Waals surface area (Å²) >= 11 is 0. The lowest BCUT2D eigenvalue weighted by Gasteiger charge is -2.32. The van der Waals surface area contributed by atoms with Crippen LogP contribution in [0.25, 0.3) is 0 Å². The van der Waals surface area contributed by atoms with Crippen LogP contribution in [0.3, 0.4) is 0 Å². The van der Waals surface area contributed by atoms with Crippen LogP contribution >= 0.6 is 0 Å². The van der Waals surface area contributed by atoms with Crippen molar-refractivity contribution in [1.82, 2.24) is 5.32 Å². The molecule has 0 saturated heterocycles. The highest BCUT2D eigenvalue weighted by atomic mass is 16.1. The molecule has 0 aliphatic carbocycles. The summed E-state index contributed by atoms with van der Waals surface area (Å²) in [6.07, 6.45) is 3.08. The minimum absolute atomic E-state index is 0.0331. The maximum atomic E-state index is 12.7. The summed E-state index contributed by atoms with van der Waals surface area (Å²) in [6.45, 7) is 8.66. The lowest BCUT2D eigenvalue weighted by atomic mass is 9.86. The van der Waals surface area contributed by atoms with Crippen molar-refractivity contribution in [2.45, 2.75) is 65.0 Å². The number of rotatable bonds is 5. The molecule has 3 unspecified atom stereocenters. The van der Waals surface area contributed by atoms with Crippen molar-refractivity contribution in [3.8, 4) is 0 Å². The first-order chi connectivity index (χ1) is 10.1. The molecule has 0 bridgehead atoms. The fraction of sp³-hybridized carbons (Fsp3) is 0.611. The average molecular weight is 288 g/mol. The van der Waals surface area contributed by atoms with Gasteiger partial charge in [-0.3, -0.25) is 4.79 Å². The molecule has 2 N–H and O–H groups in total. The molecule has 1 aromatic carbocycles. The number of nitrogens with one attached hydrogen (secondary N) is 2. The molecule has 3 nitrogen and oxygen atoms in total. The van der Waals surface area contributed by atoms with E-state index in [1.54, 1.807) is 0 Å². The molecule has 0 aromatic heterocycles. The number of carbonyl (C=O) groups excluding carboxylic acids is 1. The summed E-state index contributed by atoms with van der Waals surface area (Å²) in [7, 11) is 0. The zero-order valence-corrected chi connectivity index (χ0v) is 13.6. The Morgan fingerprint density at radius 3 is 2.67 bits per heavy atom. The first-order valence-corrected chi connectivity index (χ1v) is 8.22. The van der Waals surface area contributed by atoms with Crippen LogP contribution in [-0.4, -0.2) is 18.0 Å². The SMILES string of the molecule is CCC(CC)C(C)NC(=O)C1CC(C)Nc2ccccc21. The first kappa shape index (κ1) is 15.9. The van der Waals surface area contributed by atoms with Crippen molar-refractivity contribution in [2.24, 2.45) is 5.92 Å². The standard InChI is InChI=1S/C18H28N2O/c1-5-14(6-2)13(4)20-18(21)16-11-12(3)19-17-10-8-7-9-15(16)17/h7-10,12-14,16,19H,5-6,11H2,1-4H3,(H,20,21). The topological polar surface area (TPSA) is 41.1 Å². The molecule has 1 amide bonds. The van der Waals surface area contributed by atoms with Gasteiger partial charge < -0.3 is 10.6 Å². The molecular formula is C18H28N2O. The largest absolute Gasteiger partial charge is 0.382 e.